The predicted octanol–water partition coefficient (Wildman–Crippen LogP) is 3.57. The smallest absolute Gasteiger partial charge is 0.423 e. The zero-order valence-electron chi connectivity index (χ0n) is 10.2. The van der Waals surface area contributed by atoms with Gasteiger partial charge >= 0.3 is 12.1 Å². The summed E-state index contributed by atoms with van der Waals surface area (Å²) in [5, 5.41) is 18.5. The molecule has 1 aromatic rings. The molecule has 0 heterocycles. The van der Waals surface area contributed by atoms with Gasteiger partial charge in [0.25, 0.3) is 5.69 Å². The number of carbonyl (C=O) groups is 1. The van der Waals surface area contributed by atoms with Crippen LogP contribution in [0.4, 0.5) is 18.9 Å². The summed E-state index contributed by atoms with van der Waals surface area (Å²) in [6.07, 6.45) is -4.65. The molecule has 0 aliphatic heterocycles. The fourth-order valence-electron chi connectivity index (χ4n) is 1.45. The number of nitro groups is 1. The Labute approximate surface area is 115 Å². The molecule has 0 aliphatic carbocycles. The monoisotopic (exact) mass is 309 g/mol. The fourth-order valence-corrected chi connectivity index (χ4v) is 2.38. The number of nitrogens with zero attached hydrogens (tertiary/aromatic N) is 1. The molecule has 0 amide bonds. The molecular weight excluding hydrogens is 299 g/mol. The van der Waals surface area contributed by atoms with Crippen LogP contribution < -0.4 is 0 Å². The van der Waals surface area contributed by atoms with Crippen LogP contribution in [0.15, 0.2) is 23.1 Å². The van der Waals surface area contributed by atoms with E-state index in [9.17, 15) is 28.1 Å². The van der Waals surface area contributed by atoms with Gasteiger partial charge in [-0.2, -0.15) is 13.2 Å². The molecule has 0 saturated carbocycles. The lowest BCUT2D eigenvalue weighted by Gasteiger charge is -2.12. The van der Waals surface area contributed by atoms with Gasteiger partial charge < -0.3 is 5.11 Å². The van der Waals surface area contributed by atoms with Crippen LogP contribution in [-0.2, 0) is 11.0 Å². The Balaban J connectivity index is 3.19. The molecule has 0 bridgehead atoms. The molecule has 1 rings (SSSR count). The molecule has 0 spiro atoms. The molecule has 9 heteroatoms. The Hall–Kier alpha value is -1.77. The minimum absolute atomic E-state index is 0.0252. The number of carboxylic acids is 1. The van der Waals surface area contributed by atoms with Gasteiger partial charge in [-0.05, 0) is 18.6 Å². The average Bonchev–Trinajstić information content (AvgIpc) is 2.34. The standard InChI is InChI=1S/C11H10F3NO4S/c1-2-9(10(16)17)20-6-3-4-8(15(18)19)7(5-6)11(12,13)14/h3-5,9H,2H2,1H3,(H,16,17). The summed E-state index contributed by atoms with van der Waals surface area (Å²) < 4.78 is 38.2. The second kappa shape index (κ2) is 6.12. The van der Waals surface area contributed by atoms with E-state index in [1.807, 2.05) is 0 Å². The van der Waals surface area contributed by atoms with Crippen molar-refractivity contribution in [2.45, 2.75) is 29.7 Å². The molecule has 1 unspecified atom stereocenters. The molecule has 1 atom stereocenters. The molecule has 0 radical (unpaired) electrons. The average molecular weight is 309 g/mol. The lowest BCUT2D eigenvalue weighted by Crippen LogP contribution is -2.15. The highest BCUT2D eigenvalue weighted by atomic mass is 32.2. The molecule has 110 valence electrons. The molecule has 5 nitrogen and oxygen atoms in total. The predicted molar refractivity (Wildman–Crippen MR) is 65.7 cm³/mol. The van der Waals surface area contributed by atoms with Crippen LogP contribution in [0.5, 0.6) is 0 Å². The minimum atomic E-state index is -4.87. The first kappa shape index (κ1) is 16.3. The van der Waals surface area contributed by atoms with Crippen LogP contribution in [0.1, 0.15) is 18.9 Å². The third kappa shape index (κ3) is 3.86. The molecular formula is C11H10F3NO4S. The van der Waals surface area contributed by atoms with E-state index in [2.05, 4.69) is 0 Å². The Morgan fingerprint density at radius 3 is 2.50 bits per heavy atom. The van der Waals surface area contributed by atoms with Gasteiger partial charge in [-0.1, -0.05) is 6.92 Å². The van der Waals surface area contributed by atoms with E-state index < -0.39 is 33.6 Å². The van der Waals surface area contributed by atoms with E-state index in [-0.39, 0.29) is 11.3 Å². The molecule has 0 aliphatic rings. The molecule has 1 aromatic carbocycles. The van der Waals surface area contributed by atoms with Crippen LogP contribution >= 0.6 is 11.8 Å². The van der Waals surface area contributed by atoms with Crippen molar-refractivity contribution in [3.8, 4) is 0 Å². The van der Waals surface area contributed by atoms with Gasteiger partial charge in [0.2, 0.25) is 0 Å². The highest BCUT2D eigenvalue weighted by Gasteiger charge is 2.38. The van der Waals surface area contributed by atoms with Gasteiger partial charge in [-0.3, -0.25) is 14.9 Å². The number of halogens is 3. The van der Waals surface area contributed by atoms with E-state index in [1.165, 1.54) is 0 Å². The Morgan fingerprint density at radius 1 is 1.50 bits per heavy atom. The number of nitro benzene ring substituents is 1. The first-order valence-electron chi connectivity index (χ1n) is 5.42. The second-order valence-electron chi connectivity index (χ2n) is 3.79. The van der Waals surface area contributed by atoms with E-state index in [0.717, 1.165) is 23.9 Å². The maximum absolute atomic E-state index is 12.7. The Bertz CT molecular complexity index is 533. The van der Waals surface area contributed by atoms with Gasteiger partial charge in [0.15, 0.2) is 0 Å². The zero-order chi connectivity index (χ0) is 15.5. The number of benzene rings is 1. The molecule has 20 heavy (non-hydrogen) atoms. The largest absolute Gasteiger partial charge is 0.480 e. The van der Waals surface area contributed by atoms with E-state index in [4.69, 9.17) is 5.11 Å². The van der Waals surface area contributed by atoms with Crippen LogP contribution in [0.25, 0.3) is 0 Å². The summed E-state index contributed by atoms with van der Waals surface area (Å²) in [5.41, 5.74) is -2.43. The first-order chi connectivity index (χ1) is 9.16. The maximum Gasteiger partial charge on any atom is 0.423 e. The van der Waals surface area contributed by atoms with Crippen LogP contribution in [-0.4, -0.2) is 21.2 Å². The second-order valence-corrected chi connectivity index (χ2v) is 5.06. The lowest BCUT2D eigenvalue weighted by atomic mass is 10.2. The number of aliphatic carboxylic acids is 1. The van der Waals surface area contributed by atoms with E-state index in [1.54, 1.807) is 6.92 Å². The molecule has 1 N–H and O–H groups in total. The van der Waals surface area contributed by atoms with Crippen molar-refractivity contribution in [2.24, 2.45) is 0 Å². The lowest BCUT2D eigenvalue weighted by molar-refractivity contribution is -0.388. The van der Waals surface area contributed by atoms with Crippen LogP contribution in [0.2, 0.25) is 0 Å². The zero-order valence-corrected chi connectivity index (χ0v) is 11.0. The van der Waals surface area contributed by atoms with Crippen LogP contribution in [0.3, 0.4) is 0 Å². The SMILES string of the molecule is CCC(Sc1ccc([N+](=O)[O-])c(C(F)(F)F)c1)C(=O)O. The molecule has 0 fully saturated rings. The van der Waals surface area contributed by atoms with Crippen LogP contribution in [0, 0.1) is 10.1 Å². The number of alkyl halides is 3. The van der Waals surface area contributed by atoms with Crippen molar-refractivity contribution in [3.05, 3.63) is 33.9 Å². The Kier molecular flexibility index (Phi) is 4.98. The third-order valence-electron chi connectivity index (χ3n) is 2.39. The molecule has 0 saturated heterocycles. The normalized spacial score (nSPS) is 13.0. The first-order valence-corrected chi connectivity index (χ1v) is 6.29. The van der Waals surface area contributed by atoms with Crippen molar-refractivity contribution in [2.75, 3.05) is 0 Å². The van der Waals surface area contributed by atoms with Crippen molar-refractivity contribution >= 4 is 23.4 Å². The number of hydrogen-bond donors (Lipinski definition) is 1. The number of thioether (sulfide) groups is 1. The van der Waals surface area contributed by atoms with Crippen molar-refractivity contribution in [3.63, 3.8) is 0 Å². The summed E-state index contributed by atoms with van der Waals surface area (Å²) in [7, 11) is 0. The highest BCUT2D eigenvalue weighted by molar-refractivity contribution is 8.00. The third-order valence-corrected chi connectivity index (χ3v) is 3.74. The van der Waals surface area contributed by atoms with Gasteiger partial charge in [0.05, 0.1) is 4.92 Å². The maximum atomic E-state index is 12.7. The summed E-state index contributed by atoms with van der Waals surface area (Å²) in [5.74, 6) is -1.15. The summed E-state index contributed by atoms with van der Waals surface area (Å²) in [6.45, 7) is 1.59. The van der Waals surface area contributed by atoms with Crippen molar-refractivity contribution < 1.29 is 28.0 Å². The van der Waals surface area contributed by atoms with E-state index >= 15 is 0 Å². The number of rotatable bonds is 5. The highest BCUT2D eigenvalue weighted by Crippen LogP contribution is 2.39. The topological polar surface area (TPSA) is 80.4 Å². The van der Waals surface area contributed by atoms with E-state index in [0.29, 0.717) is 6.07 Å². The van der Waals surface area contributed by atoms with Crippen molar-refractivity contribution in [1.82, 2.24) is 0 Å². The summed E-state index contributed by atoms with van der Waals surface area (Å²) >= 11 is 0.725. The fraction of sp³-hybridized carbons (Fsp3) is 0.364. The Morgan fingerprint density at radius 2 is 2.10 bits per heavy atom. The quantitative estimate of drug-likeness (QED) is 0.511. The number of hydrogen-bond acceptors (Lipinski definition) is 4. The summed E-state index contributed by atoms with van der Waals surface area (Å²) in [4.78, 5) is 20.3. The summed E-state index contributed by atoms with van der Waals surface area (Å²) in [6, 6.07) is 2.46. The molecule has 0 aromatic heterocycles. The van der Waals surface area contributed by atoms with Gasteiger partial charge in [0.1, 0.15) is 10.8 Å². The number of carboxylic acid groups (broad SMARTS) is 1. The van der Waals surface area contributed by atoms with Gasteiger partial charge in [-0.25, -0.2) is 0 Å². The van der Waals surface area contributed by atoms with Gasteiger partial charge in [0, 0.05) is 11.0 Å². The minimum Gasteiger partial charge on any atom is -0.480 e. The van der Waals surface area contributed by atoms with Crippen molar-refractivity contribution in [1.29, 1.82) is 0 Å². The van der Waals surface area contributed by atoms with Gasteiger partial charge in [-0.15, -0.1) is 11.8 Å².